The van der Waals surface area contributed by atoms with E-state index >= 15 is 0 Å². The first kappa shape index (κ1) is 14.8. The highest BCUT2D eigenvalue weighted by Gasteiger charge is 2.13. The van der Waals surface area contributed by atoms with E-state index in [1.807, 2.05) is 0 Å². The Morgan fingerprint density at radius 3 is 2.63 bits per heavy atom. The molecule has 0 aromatic heterocycles. The maximum absolute atomic E-state index is 13.2. The summed E-state index contributed by atoms with van der Waals surface area (Å²) in [5.74, 6) is -0.549. The predicted molar refractivity (Wildman–Crippen MR) is 83.6 cm³/mol. The highest BCUT2D eigenvalue weighted by molar-refractivity contribution is 14.1. The first-order valence-electron chi connectivity index (χ1n) is 5.39. The standard InChI is InChI=1S/C14H8Cl2FIO/c15-9-1-4-13(18)11(7-9)14(19)6-8-5-10(17)2-3-12(8)16/h1-5,7H,6H2. The smallest absolute Gasteiger partial charge is 0.168 e. The van der Waals surface area contributed by atoms with Crippen molar-refractivity contribution in [2.24, 2.45) is 0 Å². The van der Waals surface area contributed by atoms with E-state index in [1.54, 1.807) is 18.2 Å². The van der Waals surface area contributed by atoms with Crippen molar-refractivity contribution in [3.8, 4) is 0 Å². The number of carbonyl (C=O) groups excluding carboxylic acids is 1. The molecule has 0 spiro atoms. The second-order valence-corrected chi connectivity index (χ2v) is 5.97. The van der Waals surface area contributed by atoms with Gasteiger partial charge in [-0.1, -0.05) is 23.2 Å². The Balaban J connectivity index is 2.30. The average Bonchev–Trinajstić information content (AvgIpc) is 2.36. The summed E-state index contributed by atoms with van der Waals surface area (Å²) in [5.41, 5.74) is 0.996. The quantitative estimate of drug-likeness (QED) is 0.506. The van der Waals surface area contributed by atoms with Crippen LogP contribution in [0, 0.1) is 9.39 Å². The summed E-state index contributed by atoms with van der Waals surface area (Å²) in [7, 11) is 0. The molecule has 0 saturated heterocycles. The first-order valence-corrected chi connectivity index (χ1v) is 7.23. The van der Waals surface area contributed by atoms with Crippen LogP contribution in [0.15, 0.2) is 36.4 Å². The number of rotatable bonds is 3. The molecule has 0 fully saturated rings. The molecule has 2 aromatic carbocycles. The number of halogens is 4. The fourth-order valence-corrected chi connectivity index (χ4v) is 2.65. The Morgan fingerprint density at radius 1 is 1.16 bits per heavy atom. The Morgan fingerprint density at radius 2 is 1.89 bits per heavy atom. The molecule has 0 aliphatic carbocycles. The van der Waals surface area contributed by atoms with Crippen molar-refractivity contribution in [2.45, 2.75) is 6.42 Å². The van der Waals surface area contributed by atoms with E-state index in [4.69, 9.17) is 23.2 Å². The van der Waals surface area contributed by atoms with Crippen LogP contribution in [0.25, 0.3) is 0 Å². The van der Waals surface area contributed by atoms with Crippen LogP contribution in [0.5, 0.6) is 0 Å². The van der Waals surface area contributed by atoms with E-state index in [0.717, 1.165) is 3.57 Å². The monoisotopic (exact) mass is 408 g/mol. The highest BCUT2D eigenvalue weighted by Crippen LogP contribution is 2.23. The van der Waals surface area contributed by atoms with Crippen molar-refractivity contribution in [3.05, 3.63) is 67.0 Å². The van der Waals surface area contributed by atoms with Gasteiger partial charge in [-0.15, -0.1) is 0 Å². The van der Waals surface area contributed by atoms with Crippen LogP contribution in [0.1, 0.15) is 15.9 Å². The van der Waals surface area contributed by atoms with E-state index in [9.17, 15) is 9.18 Å². The van der Waals surface area contributed by atoms with E-state index in [2.05, 4.69) is 22.6 Å². The van der Waals surface area contributed by atoms with Gasteiger partial charge in [-0.05, 0) is 64.6 Å². The topological polar surface area (TPSA) is 17.1 Å². The number of Topliss-reactive ketones (excluding diaryl/α,β-unsaturated/α-hetero) is 1. The maximum atomic E-state index is 13.2. The normalized spacial score (nSPS) is 10.5. The van der Waals surface area contributed by atoms with Crippen molar-refractivity contribution in [1.82, 2.24) is 0 Å². The number of benzene rings is 2. The Bertz CT molecular complexity index is 643. The average molecular weight is 409 g/mol. The summed E-state index contributed by atoms with van der Waals surface area (Å²) in [5, 5.41) is 0.876. The SMILES string of the molecule is O=C(Cc1cc(F)ccc1Cl)c1cc(Cl)ccc1I. The van der Waals surface area contributed by atoms with E-state index in [1.165, 1.54) is 18.2 Å². The molecule has 98 valence electrons. The van der Waals surface area contributed by atoms with Gasteiger partial charge >= 0.3 is 0 Å². The van der Waals surface area contributed by atoms with Crippen molar-refractivity contribution < 1.29 is 9.18 Å². The van der Waals surface area contributed by atoms with Crippen molar-refractivity contribution in [1.29, 1.82) is 0 Å². The van der Waals surface area contributed by atoms with Crippen LogP contribution < -0.4 is 0 Å². The zero-order chi connectivity index (χ0) is 14.0. The molecule has 0 amide bonds. The second-order valence-electron chi connectivity index (χ2n) is 3.96. The van der Waals surface area contributed by atoms with Crippen LogP contribution in [-0.2, 0) is 6.42 Å². The molecule has 0 bridgehead atoms. The van der Waals surface area contributed by atoms with Gasteiger partial charge in [-0.3, -0.25) is 4.79 Å². The molecule has 0 N–H and O–H groups in total. The molecule has 5 heteroatoms. The highest BCUT2D eigenvalue weighted by atomic mass is 127. The van der Waals surface area contributed by atoms with Gasteiger partial charge in [0.2, 0.25) is 0 Å². The summed E-state index contributed by atoms with van der Waals surface area (Å²) >= 11 is 13.9. The Labute approximate surface area is 133 Å². The zero-order valence-corrected chi connectivity index (χ0v) is 13.3. The van der Waals surface area contributed by atoms with Gasteiger partial charge in [0.25, 0.3) is 0 Å². The van der Waals surface area contributed by atoms with Crippen molar-refractivity contribution >= 4 is 51.6 Å². The van der Waals surface area contributed by atoms with Crippen LogP contribution in [-0.4, -0.2) is 5.78 Å². The largest absolute Gasteiger partial charge is 0.294 e. The Hall–Kier alpha value is -0.650. The molecule has 0 radical (unpaired) electrons. The molecule has 0 saturated carbocycles. The Kier molecular flexibility index (Phi) is 4.81. The summed E-state index contributed by atoms with van der Waals surface area (Å²) in [6.45, 7) is 0. The van der Waals surface area contributed by atoms with E-state index in [0.29, 0.717) is 21.2 Å². The van der Waals surface area contributed by atoms with Crippen molar-refractivity contribution in [2.75, 3.05) is 0 Å². The number of carbonyl (C=O) groups is 1. The maximum Gasteiger partial charge on any atom is 0.168 e. The van der Waals surface area contributed by atoms with E-state index in [-0.39, 0.29) is 12.2 Å². The van der Waals surface area contributed by atoms with Crippen LogP contribution in [0.3, 0.4) is 0 Å². The molecule has 1 nitrogen and oxygen atoms in total. The van der Waals surface area contributed by atoms with Gasteiger partial charge < -0.3 is 0 Å². The van der Waals surface area contributed by atoms with Gasteiger partial charge in [-0.25, -0.2) is 4.39 Å². The van der Waals surface area contributed by atoms with Gasteiger partial charge in [0.15, 0.2) is 5.78 Å². The molecule has 0 aliphatic heterocycles. The third-order valence-corrected chi connectivity index (χ3v) is 4.13. The molecular weight excluding hydrogens is 401 g/mol. The lowest BCUT2D eigenvalue weighted by atomic mass is 10.0. The number of hydrogen-bond acceptors (Lipinski definition) is 1. The molecule has 0 unspecified atom stereocenters. The first-order chi connectivity index (χ1) is 8.97. The molecule has 2 rings (SSSR count). The zero-order valence-electron chi connectivity index (χ0n) is 9.59. The van der Waals surface area contributed by atoms with Crippen LogP contribution >= 0.6 is 45.8 Å². The van der Waals surface area contributed by atoms with Crippen LogP contribution in [0.4, 0.5) is 4.39 Å². The van der Waals surface area contributed by atoms with Gasteiger partial charge in [-0.2, -0.15) is 0 Å². The lowest BCUT2D eigenvalue weighted by Gasteiger charge is -2.06. The van der Waals surface area contributed by atoms with Crippen molar-refractivity contribution in [3.63, 3.8) is 0 Å². The molecule has 0 aliphatic rings. The lowest BCUT2D eigenvalue weighted by molar-refractivity contribution is 0.0992. The summed E-state index contributed by atoms with van der Waals surface area (Å²) in [6.07, 6.45) is 0.0485. The summed E-state index contributed by atoms with van der Waals surface area (Å²) in [6, 6.07) is 9.08. The minimum Gasteiger partial charge on any atom is -0.294 e. The van der Waals surface area contributed by atoms with Gasteiger partial charge in [0, 0.05) is 25.6 Å². The lowest BCUT2D eigenvalue weighted by Crippen LogP contribution is -2.06. The van der Waals surface area contributed by atoms with Gasteiger partial charge in [0.05, 0.1) is 0 Å². The molecule has 0 heterocycles. The molecule has 2 aromatic rings. The second kappa shape index (κ2) is 6.20. The van der Waals surface area contributed by atoms with Crippen LogP contribution in [0.2, 0.25) is 10.0 Å². The predicted octanol–water partition coefficient (Wildman–Crippen LogP) is 5.16. The minimum absolute atomic E-state index is 0.0485. The third-order valence-electron chi connectivity index (χ3n) is 2.59. The summed E-state index contributed by atoms with van der Waals surface area (Å²) < 4.78 is 14.0. The number of ketones is 1. The minimum atomic E-state index is -0.409. The summed E-state index contributed by atoms with van der Waals surface area (Å²) in [4.78, 5) is 12.2. The molecule has 0 atom stereocenters. The van der Waals surface area contributed by atoms with Gasteiger partial charge in [0.1, 0.15) is 5.82 Å². The van der Waals surface area contributed by atoms with E-state index < -0.39 is 5.82 Å². The number of hydrogen-bond donors (Lipinski definition) is 0. The fraction of sp³-hybridized carbons (Fsp3) is 0.0714. The molecular formula is C14H8Cl2FIO. The fourth-order valence-electron chi connectivity index (χ4n) is 1.66. The third kappa shape index (κ3) is 3.68. The molecule has 19 heavy (non-hydrogen) atoms.